The molecule has 32 heavy (non-hydrogen) atoms. The lowest BCUT2D eigenvalue weighted by molar-refractivity contribution is -0.125. The van der Waals surface area contributed by atoms with E-state index in [0.717, 1.165) is 11.3 Å². The van der Waals surface area contributed by atoms with Gasteiger partial charge in [0.2, 0.25) is 0 Å². The first-order chi connectivity index (χ1) is 15.2. The number of aromatic amines is 1. The summed E-state index contributed by atoms with van der Waals surface area (Å²) < 4.78 is 38.5. The number of likely N-dealkylation sites (N-methyl/N-ethyl adjacent to an activating group) is 1. The summed E-state index contributed by atoms with van der Waals surface area (Å²) in [5.41, 5.74) is 2.41. The second-order valence-corrected chi connectivity index (χ2v) is 9.70. The average molecular weight is 473 g/mol. The zero-order chi connectivity index (χ0) is 22.6. The lowest BCUT2D eigenvalue weighted by atomic mass is 10.1. The van der Waals surface area contributed by atoms with Crippen molar-refractivity contribution < 1.29 is 22.4 Å². The Morgan fingerprint density at radius 1 is 1.19 bits per heavy atom. The number of H-pyrrole nitrogens is 1. The Hall–Kier alpha value is -3.64. The fourth-order valence-corrected chi connectivity index (χ4v) is 5.38. The summed E-state index contributed by atoms with van der Waals surface area (Å²) in [6, 6.07) is 9.41. The molecule has 10 nitrogen and oxygen atoms in total. The normalized spacial score (nSPS) is 16.1. The number of hydrogen-bond acceptors (Lipinski definition) is 8. The number of oxazole rings is 1. The maximum absolute atomic E-state index is 12.8. The van der Waals surface area contributed by atoms with E-state index in [4.69, 9.17) is 9.15 Å². The number of rotatable bonds is 4. The van der Waals surface area contributed by atoms with Crippen molar-refractivity contribution in [3.8, 4) is 17.0 Å². The van der Waals surface area contributed by atoms with E-state index in [1.807, 2.05) is 0 Å². The number of carbonyl (C=O) groups is 1. The SMILES string of the molecule is CC1Oc2ccc(-c3csc(NS(=O)(=O)c4ccc5[nH]c(=O)oc5c4)n3)cc2N(C)C1=O. The van der Waals surface area contributed by atoms with E-state index in [1.165, 1.54) is 23.1 Å². The minimum absolute atomic E-state index is 0.0651. The molecule has 12 heteroatoms. The predicted octanol–water partition coefficient (Wildman–Crippen LogP) is 2.79. The van der Waals surface area contributed by atoms with Crippen LogP contribution >= 0.6 is 11.3 Å². The number of amides is 1. The van der Waals surface area contributed by atoms with Gasteiger partial charge in [0.25, 0.3) is 15.9 Å². The van der Waals surface area contributed by atoms with Crippen molar-refractivity contribution in [2.45, 2.75) is 17.9 Å². The molecule has 1 amide bonds. The molecule has 2 N–H and O–H groups in total. The highest BCUT2D eigenvalue weighted by molar-refractivity contribution is 7.93. The Morgan fingerprint density at radius 2 is 2.00 bits per heavy atom. The van der Waals surface area contributed by atoms with Crippen LogP contribution in [0, 0.1) is 0 Å². The van der Waals surface area contributed by atoms with E-state index in [9.17, 15) is 18.0 Å². The predicted molar refractivity (Wildman–Crippen MR) is 119 cm³/mol. The number of ether oxygens (including phenoxy) is 1. The first kappa shape index (κ1) is 20.3. The Morgan fingerprint density at radius 3 is 2.81 bits per heavy atom. The molecule has 0 radical (unpaired) electrons. The Labute approximate surface area is 185 Å². The molecule has 3 heterocycles. The quantitative estimate of drug-likeness (QED) is 0.466. The highest BCUT2D eigenvalue weighted by Crippen LogP contribution is 2.37. The Balaban J connectivity index is 1.42. The van der Waals surface area contributed by atoms with Crippen molar-refractivity contribution in [2.24, 2.45) is 0 Å². The van der Waals surface area contributed by atoms with Crippen LogP contribution in [0.2, 0.25) is 0 Å². The average Bonchev–Trinajstić information content (AvgIpc) is 3.36. The molecule has 0 spiro atoms. The zero-order valence-corrected chi connectivity index (χ0v) is 18.4. The number of thiazole rings is 1. The van der Waals surface area contributed by atoms with Crippen LogP contribution in [-0.4, -0.2) is 37.4 Å². The largest absolute Gasteiger partial charge is 0.479 e. The van der Waals surface area contributed by atoms with Gasteiger partial charge in [-0.1, -0.05) is 0 Å². The van der Waals surface area contributed by atoms with E-state index in [0.29, 0.717) is 28.2 Å². The number of sulfonamides is 1. The van der Waals surface area contributed by atoms with Gasteiger partial charge in [-0.05, 0) is 37.3 Å². The number of hydrogen-bond donors (Lipinski definition) is 2. The van der Waals surface area contributed by atoms with Gasteiger partial charge in [0.15, 0.2) is 16.8 Å². The molecule has 2 aromatic heterocycles. The molecular weight excluding hydrogens is 456 g/mol. The van der Waals surface area contributed by atoms with Crippen molar-refractivity contribution in [1.29, 1.82) is 0 Å². The highest BCUT2D eigenvalue weighted by Gasteiger charge is 2.29. The molecular formula is C20H16N4O6S2. The Bertz CT molecular complexity index is 1530. The number of nitrogens with one attached hydrogen (secondary N) is 2. The number of nitrogens with zero attached hydrogens (tertiary/aromatic N) is 2. The number of fused-ring (bicyclic) bond motifs is 2. The topological polar surface area (TPSA) is 135 Å². The molecule has 0 saturated carbocycles. The van der Waals surface area contributed by atoms with E-state index < -0.39 is 21.9 Å². The van der Waals surface area contributed by atoms with Gasteiger partial charge in [0.1, 0.15) is 5.75 Å². The molecule has 0 aliphatic carbocycles. The molecule has 164 valence electrons. The van der Waals surface area contributed by atoms with Crippen molar-refractivity contribution in [1.82, 2.24) is 9.97 Å². The fourth-order valence-electron chi connectivity index (χ4n) is 3.39. The number of carbonyl (C=O) groups excluding carboxylic acids is 1. The molecule has 0 fully saturated rings. The monoisotopic (exact) mass is 472 g/mol. The minimum atomic E-state index is -3.95. The summed E-state index contributed by atoms with van der Waals surface area (Å²) >= 11 is 1.12. The second kappa shape index (κ2) is 7.21. The molecule has 5 rings (SSSR count). The third-order valence-electron chi connectivity index (χ3n) is 5.03. The summed E-state index contributed by atoms with van der Waals surface area (Å²) in [4.78, 5) is 31.8. The van der Waals surface area contributed by atoms with Crippen LogP contribution < -0.4 is 20.1 Å². The summed E-state index contributed by atoms with van der Waals surface area (Å²) in [5, 5.41) is 1.88. The number of aromatic nitrogens is 2. The maximum Gasteiger partial charge on any atom is 0.417 e. The summed E-state index contributed by atoms with van der Waals surface area (Å²) in [6.07, 6.45) is -0.558. The van der Waals surface area contributed by atoms with Gasteiger partial charge >= 0.3 is 5.76 Å². The standard InChI is InChI=1S/C20H16N4O6S2/c1-10-18(25)24(2)15-7-11(3-6-16(15)29-10)14-9-31-19(21-14)23-32(27,28)12-4-5-13-17(8-12)30-20(26)22-13/h3-10H,1-2H3,(H,21,23)(H,22,26). The first-order valence-corrected chi connectivity index (χ1v) is 11.8. The third kappa shape index (κ3) is 3.42. The van der Waals surface area contributed by atoms with Crippen LogP contribution in [0.1, 0.15) is 6.92 Å². The smallest absolute Gasteiger partial charge is 0.417 e. The molecule has 1 aliphatic heterocycles. The van der Waals surface area contributed by atoms with Gasteiger partial charge < -0.3 is 14.1 Å². The van der Waals surface area contributed by atoms with Crippen LogP contribution in [0.15, 0.2) is 55.9 Å². The van der Waals surface area contributed by atoms with Crippen LogP contribution in [0.25, 0.3) is 22.4 Å². The molecule has 1 unspecified atom stereocenters. The molecule has 0 saturated heterocycles. The molecule has 2 aromatic carbocycles. The summed E-state index contributed by atoms with van der Waals surface area (Å²) in [5.74, 6) is -0.229. The van der Waals surface area contributed by atoms with E-state index in [2.05, 4.69) is 14.7 Å². The van der Waals surface area contributed by atoms with Crippen LogP contribution in [0.5, 0.6) is 5.75 Å². The van der Waals surface area contributed by atoms with Gasteiger partial charge in [-0.15, -0.1) is 11.3 Å². The number of benzene rings is 2. The summed E-state index contributed by atoms with van der Waals surface area (Å²) in [7, 11) is -2.28. The molecule has 4 aromatic rings. The third-order valence-corrected chi connectivity index (χ3v) is 7.25. The van der Waals surface area contributed by atoms with Crippen LogP contribution in [-0.2, 0) is 14.8 Å². The zero-order valence-electron chi connectivity index (χ0n) is 16.8. The van der Waals surface area contributed by atoms with Gasteiger partial charge in [-0.25, -0.2) is 18.2 Å². The fraction of sp³-hybridized carbons (Fsp3) is 0.150. The lowest BCUT2D eigenvalue weighted by Crippen LogP contribution is -2.41. The van der Waals surface area contributed by atoms with Crippen molar-refractivity contribution in [3.63, 3.8) is 0 Å². The lowest BCUT2D eigenvalue weighted by Gasteiger charge is -2.30. The minimum Gasteiger partial charge on any atom is -0.479 e. The Kier molecular flexibility index (Phi) is 4.57. The van der Waals surface area contributed by atoms with E-state index in [-0.39, 0.29) is 21.5 Å². The second-order valence-electron chi connectivity index (χ2n) is 7.16. The summed E-state index contributed by atoms with van der Waals surface area (Å²) in [6.45, 7) is 1.69. The van der Waals surface area contributed by atoms with E-state index in [1.54, 1.807) is 37.6 Å². The van der Waals surface area contributed by atoms with Crippen molar-refractivity contribution in [3.05, 3.63) is 52.3 Å². The molecule has 0 bridgehead atoms. The first-order valence-electron chi connectivity index (χ1n) is 9.41. The highest BCUT2D eigenvalue weighted by atomic mass is 32.2. The maximum atomic E-state index is 12.8. The van der Waals surface area contributed by atoms with Crippen molar-refractivity contribution >= 4 is 49.2 Å². The number of anilines is 2. The molecule has 1 atom stereocenters. The van der Waals surface area contributed by atoms with Crippen LogP contribution in [0.3, 0.4) is 0 Å². The van der Waals surface area contributed by atoms with Crippen molar-refractivity contribution in [2.75, 3.05) is 16.7 Å². The van der Waals surface area contributed by atoms with Crippen LogP contribution in [0.4, 0.5) is 10.8 Å². The van der Waals surface area contributed by atoms with Gasteiger partial charge in [-0.3, -0.25) is 14.5 Å². The van der Waals surface area contributed by atoms with E-state index >= 15 is 0 Å². The van der Waals surface area contributed by atoms with Gasteiger partial charge in [0, 0.05) is 24.1 Å². The molecule has 1 aliphatic rings. The van der Waals surface area contributed by atoms with Gasteiger partial charge in [-0.2, -0.15) is 0 Å². The van der Waals surface area contributed by atoms with Gasteiger partial charge in [0.05, 0.1) is 21.8 Å².